The molecular formula is C22H23N7O. The number of para-hydroxylation sites is 1. The number of benzene rings is 2. The molecule has 8 nitrogen and oxygen atoms in total. The number of amides is 1. The van der Waals surface area contributed by atoms with Gasteiger partial charge in [0.05, 0.1) is 11.2 Å². The summed E-state index contributed by atoms with van der Waals surface area (Å²) in [6.45, 7) is 2.54. The minimum Gasteiger partial charge on any atom is -0.373 e. The lowest BCUT2D eigenvalue weighted by Gasteiger charge is -2.20. The molecule has 0 saturated carbocycles. The summed E-state index contributed by atoms with van der Waals surface area (Å²) in [5, 5.41) is 8.49. The van der Waals surface area contributed by atoms with Gasteiger partial charge >= 0.3 is 0 Å². The summed E-state index contributed by atoms with van der Waals surface area (Å²) in [4.78, 5) is 23.3. The highest BCUT2D eigenvalue weighted by molar-refractivity contribution is 6.04. The van der Waals surface area contributed by atoms with E-state index in [1.807, 2.05) is 68.4 Å². The maximum absolute atomic E-state index is 11.9. The largest absolute Gasteiger partial charge is 0.373 e. The second-order valence-electron chi connectivity index (χ2n) is 7.18. The third kappa shape index (κ3) is 3.55. The molecule has 2 aromatic heterocycles. The lowest BCUT2D eigenvalue weighted by molar-refractivity contribution is 0.0996. The summed E-state index contributed by atoms with van der Waals surface area (Å²) >= 11 is 0. The van der Waals surface area contributed by atoms with Crippen molar-refractivity contribution in [2.45, 2.75) is 13.5 Å². The molecule has 1 amide bonds. The number of aromatic nitrogens is 4. The van der Waals surface area contributed by atoms with Gasteiger partial charge in [-0.2, -0.15) is 14.8 Å². The Morgan fingerprint density at radius 2 is 1.77 bits per heavy atom. The average molecular weight is 401 g/mol. The molecule has 0 aliphatic carbocycles. The first kappa shape index (κ1) is 19.4. The molecule has 3 N–H and O–H groups in total. The Morgan fingerprint density at radius 1 is 1.07 bits per heavy atom. The van der Waals surface area contributed by atoms with E-state index in [1.165, 1.54) is 0 Å². The minimum atomic E-state index is -0.589. The Hall–Kier alpha value is -3.94. The van der Waals surface area contributed by atoms with E-state index in [0.29, 0.717) is 23.7 Å². The smallest absolute Gasteiger partial charge is 0.269 e. The molecule has 0 aliphatic heterocycles. The van der Waals surface area contributed by atoms with Gasteiger partial charge in [-0.25, -0.2) is 4.98 Å². The van der Waals surface area contributed by atoms with Gasteiger partial charge in [0, 0.05) is 26.0 Å². The van der Waals surface area contributed by atoms with E-state index in [0.717, 1.165) is 22.5 Å². The van der Waals surface area contributed by atoms with Crippen molar-refractivity contribution in [2.75, 3.05) is 24.3 Å². The Bertz CT molecular complexity index is 1220. The third-order valence-electron chi connectivity index (χ3n) is 4.81. The van der Waals surface area contributed by atoms with Crippen LogP contribution in [0.2, 0.25) is 0 Å². The van der Waals surface area contributed by atoms with Gasteiger partial charge in [0.1, 0.15) is 5.69 Å². The van der Waals surface area contributed by atoms with Crippen LogP contribution in [0.4, 0.5) is 11.5 Å². The molecule has 0 bridgehead atoms. The summed E-state index contributed by atoms with van der Waals surface area (Å²) in [5.74, 6) is 0.470. The molecule has 0 spiro atoms. The van der Waals surface area contributed by atoms with Crippen molar-refractivity contribution < 1.29 is 4.79 Å². The summed E-state index contributed by atoms with van der Waals surface area (Å²) in [6, 6.07) is 17.5. The van der Waals surface area contributed by atoms with Crippen LogP contribution in [0.15, 0.2) is 54.6 Å². The predicted octanol–water partition coefficient (Wildman–Crippen LogP) is 2.90. The van der Waals surface area contributed by atoms with Crippen LogP contribution in [0.3, 0.4) is 0 Å². The van der Waals surface area contributed by atoms with E-state index in [1.54, 1.807) is 4.68 Å². The van der Waals surface area contributed by atoms with Gasteiger partial charge in [0.15, 0.2) is 11.5 Å². The van der Waals surface area contributed by atoms with Crippen molar-refractivity contribution in [1.29, 1.82) is 0 Å². The molecule has 0 saturated heterocycles. The average Bonchev–Trinajstić information content (AvgIpc) is 3.12. The number of hydrogen-bond acceptors (Lipinski definition) is 6. The highest BCUT2D eigenvalue weighted by Gasteiger charge is 2.20. The summed E-state index contributed by atoms with van der Waals surface area (Å²) in [7, 11) is 3.90. The SMILES string of the molecule is Cc1nc(-n2nc(C(N)=O)c3ccccc32)nc(NCc2ccccc2)c1N(C)C. The number of nitrogens with zero attached hydrogens (tertiary/aromatic N) is 5. The lowest BCUT2D eigenvalue weighted by atomic mass is 10.2. The van der Waals surface area contributed by atoms with Gasteiger partial charge in [-0.3, -0.25) is 4.79 Å². The van der Waals surface area contributed by atoms with Gasteiger partial charge in [-0.05, 0) is 18.6 Å². The van der Waals surface area contributed by atoms with Crippen LogP contribution >= 0.6 is 0 Å². The van der Waals surface area contributed by atoms with Crippen LogP contribution in [-0.4, -0.2) is 39.8 Å². The van der Waals surface area contributed by atoms with Crippen molar-refractivity contribution in [3.63, 3.8) is 0 Å². The zero-order chi connectivity index (χ0) is 21.3. The second-order valence-corrected chi connectivity index (χ2v) is 7.18. The number of primary amides is 1. The fraction of sp³-hybridized carbons (Fsp3) is 0.182. The summed E-state index contributed by atoms with van der Waals surface area (Å²) < 4.78 is 1.57. The van der Waals surface area contributed by atoms with Crippen LogP contribution < -0.4 is 16.0 Å². The molecule has 2 aromatic carbocycles. The number of hydrogen-bond donors (Lipinski definition) is 2. The molecule has 4 aromatic rings. The molecule has 0 aliphatic rings. The van der Waals surface area contributed by atoms with Gasteiger partial charge in [-0.15, -0.1) is 0 Å². The van der Waals surface area contributed by atoms with Crippen LogP contribution in [-0.2, 0) is 6.54 Å². The number of fused-ring (bicyclic) bond motifs is 1. The first-order valence-electron chi connectivity index (χ1n) is 9.57. The summed E-state index contributed by atoms with van der Waals surface area (Å²) in [6.07, 6.45) is 0. The minimum absolute atomic E-state index is 0.197. The van der Waals surface area contributed by atoms with Gasteiger partial charge in [0.25, 0.3) is 11.9 Å². The van der Waals surface area contributed by atoms with Gasteiger partial charge < -0.3 is 16.0 Å². The standard InChI is InChI=1S/C22H23N7O/c1-14-19(28(2)3)21(24-13-15-9-5-4-6-10-15)26-22(25-14)29-17-12-8-7-11-16(17)18(27-29)20(23)30/h4-12H,13H2,1-3H3,(H2,23,30)(H,24,25,26). The van der Waals surface area contributed by atoms with Crippen LogP contribution in [0.1, 0.15) is 21.7 Å². The molecule has 0 fully saturated rings. The molecule has 30 heavy (non-hydrogen) atoms. The van der Waals surface area contributed by atoms with E-state index >= 15 is 0 Å². The number of carbonyl (C=O) groups is 1. The molecule has 2 heterocycles. The molecule has 0 radical (unpaired) electrons. The fourth-order valence-corrected chi connectivity index (χ4v) is 3.49. The van der Waals surface area contributed by atoms with Crippen LogP contribution in [0, 0.1) is 6.92 Å². The molecule has 152 valence electrons. The van der Waals surface area contributed by atoms with E-state index in [9.17, 15) is 4.79 Å². The fourth-order valence-electron chi connectivity index (χ4n) is 3.49. The second kappa shape index (κ2) is 7.82. The number of rotatable bonds is 6. The Balaban J connectivity index is 1.83. The monoisotopic (exact) mass is 401 g/mol. The van der Waals surface area contributed by atoms with E-state index in [-0.39, 0.29) is 5.69 Å². The summed E-state index contributed by atoms with van der Waals surface area (Å²) in [5.41, 5.74) is 9.27. The molecule has 8 heteroatoms. The highest BCUT2D eigenvalue weighted by atomic mass is 16.1. The number of nitrogens with two attached hydrogens (primary N) is 1. The Labute approximate surface area is 174 Å². The van der Waals surface area contributed by atoms with Crippen LogP contribution in [0.25, 0.3) is 16.9 Å². The maximum Gasteiger partial charge on any atom is 0.269 e. The van der Waals surface area contributed by atoms with Crippen molar-refractivity contribution >= 4 is 28.3 Å². The zero-order valence-corrected chi connectivity index (χ0v) is 17.1. The quantitative estimate of drug-likeness (QED) is 0.515. The predicted molar refractivity (Wildman–Crippen MR) is 118 cm³/mol. The number of aryl methyl sites for hydroxylation is 1. The first-order chi connectivity index (χ1) is 14.5. The Morgan fingerprint density at radius 3 is 2.47 bits per heavy atom. The van der Waals surface area contributed by atoms with Crippen molar-refractivity contribution in [3.8, 4) is 5.95 Å². The molecule has 4 rings (SSSR count). The van der Waals surface area contributed by atoms with Gasteiger partial charge in [0.2, 0.25) is 0 Å². The lowest BCUT2D eigenvalue weighted by Crippen LogP contribution is -2.18. The van der Waals surface area contributed by atoms with E-state index < -0.39 is 5.91 Å². The highest BCUT2D eigenvalue weighted by Crippen LogP contribution is 2.28. The first-order valence-corrected chi connectivity index (χ1v) is 9.57. The molecule has 0 atom stereocenters. The van der Waals surface area contributed by atoms with E-state index in [2.05, 4.69) is 27.5 Å². The Kier molecular flexibility index (Phi) is 5.05. The molecular weight excluding hydrogens is 378 g/mol. The number of anilines is 2. The molecule has 0 unspecified atom stereocenters. The van der Waals surface area contributed by atoms with Gasteiger partial charge in [-0.1, -0.05) is 48.5 Å². The van der Waals surface area contributed by atoms with Crippen molar-refractivity contribution in [2.24, 2.45) is 5.73 Å². The van der Waals surface area contributed by atoms with Crippen molar-refractivity contribution in [3.05, 3.63) is 71.5 Å². The third-order valence-corrected chi connectivity index (χ3v) is 4.81. The van der Waals surface area contributed by atoms with Crippen molar-refractivity contribution in [1.82, 2.24) is 19.7 Å². The number of carbonyl (C=O) groups excluding carboxylic acids is 1. The van der Waals surface area contributed by atoms with E-state index in [4.69, 9.17) is 10.7 Å². The zero-order valence-electron chi connectivity index (χ0n) is 17.1. The van der Waals surface area contributed by atoms with Crippen LogP contribution in [0.5, 0.6) is 0 Å². The maximum atomic E-state index is 11.9. The number of nitrogens with one attached hydrogen (secondary N) is 1. The topological polar surface area (TPSA) is 102 Å². The normalized spacial score (nSPS) is 10.9.